The summed E-state index contributed by atoms with van der Waals surface area (Å²) in [4.78, 5) is 16.2. The number of benzene rings is 2. The van der Waals surface area contributed by atoms with E-state index in [0.29, 0.717) is 16.5 Å². The fourth-order valence-electron chi connectivity index (χ4n) is 2.44. The summed E-state index contributed by atoms with van der Waals surface area (Å²) in [5, 5.41) is 19.2. The molecule has 0 aliphatic carbocycles. The molecule has 2 aromatic carbocycles. The maximum absolute atomic E-state index is 11.9. The van der Waals surface area contributed by atoms with Crippen molar-refractivity contribution in [2.24, 2.45) is 10.7 Å². The van der Waals surface area contributed by atoms with Gasteiger partial charge in [0, 0.05) is 16.9 Å². The minimum atomic E-state index is -0.676. The molecule has 1 heterocycles. The molecule has 0 saturated heterocycles. The summed E-state index contributed by atoms with van der Waals surface area (Å²) in [6.45, 7) is 0.127. The molecule has 0 atom stereocenters. The molecule has 1 aromatic heterocycles. The lowest BCUT2D eigenvalue weighted by molar-refractivity contribution is 0.100. The molecular weight excluding hydrogens is 382 g/mol. The number of primary amides is 1. The zero-order valence-electron chi connectivity index (χ0n) is 14.7. The first kappa shape index (κ1) is 19.4. The van der Waals surface area contributed by atoms with E-state index in [-0.39, 0.29) is 30.4 Å². The number of amides is 1. The van der Waals surface area contributed by atoms with Gasteiger partial charge in [-0.25, -0.2) is 4.99 Å². The number of aliphatic imine (C=N–C) groups is 1. The summed E-state index contributed by atoms with van der Waals surface area (Å²) >= 11 is 5.97. The molecule has 3 rings (SSSR count). The zero-order chi connectivity index (χ0) is 19.9. The van der Waals surface area contributed by atoms with Crippen molar-refractivity contribution in [3.05, 3.63) is 64.7 Å². The van der Waals surface area contributed by atoms with Crippen molar-refractivity contribution < 1.29 is 14.6 Å². The Morgan fingerprint density at radius 1 is 1.32 bits per heavy atom. The number of H-pyrrole nitrogens is 1. The highest BCUT2D eigenvalue weighted by Gasteiger charge is 2.18. The Balaban J connectivity index is 1.83. The lowest BCUT2D eigenvalue weighted by Gasteiger charge is -2.05. The third kappa shape index (κ3) is 4.87. The number of carbonyl (C=O) groups excluding carboxylic acids is 1. The van der Waals surface area contributed by atoms with E-state index in [4.69, 9.17) is 27.2 Å². The number of halogens is 1. The molecule has 0 radical (unpaired) electrons. The molecule has 0 saturated carbocycles. The number of ether oxygens (including phenoxy) is 1. The van der Waals surface area contributed by atoms with Crippen molar-refractivity contribution in [1.82, 2.24) is 10.2 Å². The summed E-state index contributed by atoms with van der Waals surface area (Å²) in [6.07, 6.45) is 1.55. The van der Waals surface area contributed by atoms with Crippen molar-refractivity contribution in [2.45, 2.75) is 0 Å². The van der Waals surface area contributed by atoms with E-state index < -0.39 is 5.91 Å². The second-order valence-electron chi connectivity index (χ2n) is 5.70. The van der Waals surface area contributed by atoms with Crippen LogP contribution in [0.25, 0.3) is 0 Å². The molecular formula is C19H18ClN5O3. The highest BCUT2D eigenvalue weighted by atomic mass is 35.5. The Bertz CT molecular complexity index is 1000. The molecule has 0 unspecified atom stereocenters. The van der Waals surface area contributed by atoms with Crippen molar-refractivity contribution in [1.29, 1.82) is 0 Å². The number of rotatable bonds is 8. The van der Waals surface area contributed by atoms with E-state index in [2.05, 4.69) is 20.5 Å². The van der Waals surface area contributed by atoms with Crippen LogP contribution in [0.5, 0.6) is 5.75 Å². The van der Waals surface area contributed by atoms with Gasteiger partial charge in [0.2, 0.25) is 0 Å². The Labute approximate surface area is 166 Å². The van der Waals surface area contributed by atoms with Gasteiger partial charge in [0.05, 0.1) is 6.61 Å². The number of hydrogen-bond donors (Lipinski definition) is 4. The first-order valence-corrected chi connectivity index (χ1v) is 8.73. The third-order valence-electron chi connectivity index (χ3n) is 3.64. The number of nitrogens with one attached hydrogen (secondary N) is 2. The number of anilines is 2. The molecule has 0 aliphatic rings. The molecule has 28 heavy (non-hydrogen) atoms. The fourth-order valence-corrected chi connectivity index (χ4v) is 2.63. The van der Waals surface area contributed by atoms with Crippen LogP contribution in [0.2, 0.25) is 5.02 Å². The number of aromatic nitrogens is 2. The van der Waals surface area contributed by atoms with Crippen LogP contribution in [0.4, 0.5) is 17.3 Å². The first-order valence-electron chi connectivity index (χ1n) is 8.35. The number of carbonyl (C=O) groups is 1. The standard InChI is InChI=1S/C19H18ClN5O3/c20-13-4-2-5-14(10-13)23-19-16(17(21)27)18(24-25-19)22-11-12-3-1-6-15(9-12)28-8-7-26/h1-6,9-11,26H,7-8H2,(H2,21,27)(H2,23,24,25)/b22-11+. The summed E-state index contributed by atoms with van der Waals surface area (Å²) in [5.41, 5.74) is 7.04. The van der Waals surface area contributed by atoms with Crippen LogP contribution in [-0.4, -0.2) is 40.6 Å². The number of nitrogens with zero attached hydrogens (tertiary/aromatic N) is 2. The van der Waals surface area contributed by atoms with Crippen LogP contribution in [0.1, 0.15) is 15.9 Å². The second-order valence-corrected chi connectivity index (χ2v) is 6.13. The van der Waals surface area contributed by atoms with Crippen molar-refractivity contribution in [3.8, 4) is 5.75 Å². The molecule has 5 N–H and O–H groups in total. The van der Waals surface area contributed by atoms with Crippen LogP contribution in [0.15, 0.2) is 53.5 Å². The van der Waals surface area contributed by atoms with Crippen molar-refractivity contribution >= 4 is 41.0 Å². The van der Waals surface area contributed by atoms with E-state index in [1.807, 2.05) is 6.07 Å². The summed E-state index contributed by atoms with van der Waals surface area (Å²) in [6, 6.07) is 14.1. The lowest BCUT2D eigenvalue weighted by atomic mass is 10.2. The largest absolute Gasteiger partial charge is 0.491 e. The second kappa shape index (κ2) is 9.03. The van der Waals surface area contributed by atoms with Crippen LogP contribution in [0, 0.1) is 0 Å². The number of aromatic amines is 1. The topological polar surface area (TPSA) is 126 Å². The van der Waals surface area contributed by atoms with E-state index in [1.54, 1.807) is 48.7 Å². The minimum absolute atomic E-state index is 0.0726. The zero-order valence-corrected chi connectivity index (χ0v) is 15.5. The number of aliphatic hydroxyl groups is 1. The van der Waals surface area contributed by atoms with Gasteiger partial charge in [-0.2, -0.15) is 5.10 Å². The van der Waals surface area contributed by atoms with Gasteiger partial charge in [-0.05, 0) is 35.9 Å². The molecule has 9 heteroatoms. The van der Waals surface area contributed by atoms with Gasteiger partial charge in [0.15, 0.2) is 11.6 Å². The number of aliphatic hydroxyl groups excluding tert-OH is 1. The monoisotopic (exact) mass is 399 g/mol. The summed E-state index contributed by atoms with van der Waals surface area (Å²) in [7, 11) is 0. The molecule has 0 fully saturated rings. The fraction of sp³-hybridized carbons (Fsp3) is 0.105. The maximum atomic E-state index is 11.9. The molecule has 0 bridgehead atoms. The molecule has 0 spiro atoms. The van der Waals surface area contributed by atoms with Crippen LogP contribution < -0.4 is 15.8 Å². The van der Waals surface area contributed by atoms with Gasteiger partial charge < -0.3 is 20.9 Å². The van der Waals surface area contributed by atoms with E-state index in [0.717, 1.165) is 5.56 Å². The highest BCUT2D eigenvalue weighted by molar-refractivity contribution is 6.30. The van der Waals surface area contributed by atoms with Crippen molar-refractivity contribution in [3.63, 3.8) is 0 Å². The molecule has 3 aromatic rings. The first-order chi connectivity index (χ1) is 13.6. The number of nitrogens with two attached hydrogens (primary N) is 1. The van der Waals surface area contributed by atoms with Gasteiger partial charge in [-0.15, -0.1) is 0 Å². The molecule has 144 valence electrons. The van der Waals surface area contributed by atoms with Crippen molar-refractivity contribution in [2.75, 3.05) is 18.5 Å². The molecule has 0 aliphatic heterocycles. The Kier molecular flexibility index (Phi) is 6.25. The van der Waals surface area contributed by atoms with E-state index in [1.165, 1.54) is 0 Å². The average molecular weight is 400 g/mol. The Morgan fingerprint density at radius 3 is 2.89 bits per heavy atom. The van der Waals surface area contributed by atoms with Gasteiger partial charge in [-0.1, -0.05) is 29.8 Å². The summed E-state index contributed by atoms with van der Waals surface area (Å²) < 4.78 is 5.36. The predicted molar refractivity (Wildman–Crippen MR) is 108 cm³/mol. The highest BCUT2D eigenvalue weighted by Crippen LogP contribution is 2.27. The third-order valence-corrected chi connectivity index (χ3v) is 3.88. The molecule has 1 amide bonds. The van der Waals surface area contributed by atoms with E-state index >= 15 is 0 Å². The lowest BCUT2D eigenvalue weighted by Crippen LogP contribution is -2.12. The molecule has 8 nitrogen and oxygen atoms in total. The van der Waals surface area contributed by atoms with Gasteiger partial charge in [-0.3, -0.25) is 9.89 Å². The minimum Gasteiger partial charge on any atom is -0.491 e. The Morgan fingerprint density at radius 2 is 2.14 bits per heavy atom. The van der Waals surface area contributed by atoms with Gasteiger partial charge >= 0.3 is 0 Å². The quantitative estimate of drug-likeness (QED) is 0.433. The van der Waals surface area contributed by atoms with Gasteiger partial charge in [0.25, 0.3) is 5.91 Å². The van der Waals surface area contributed by atoms with Crippen LogP contribution in [0.3, 0.4) is 0 Å². The maximum Gasteiger partial charge on any atom is 0.256 e. The Hall–Kier alpha value is -3.36. The number of hydrogen-bond acceptors (Lipinski definition) is 6. The SMILES string of the molecule is NC(=O)c1c(Nc2cccc(Cl)c2)n[nH]c1/N=C/c1cccc(OCCO)c1. The van der Waals surface area contributed by atoms with Gasteiger partial charge in [0.1, 0.15) is 17.9 Å². The summed E-state index contributed by atoms with van der Waals surface area (Å²) in [5.74, 6) is 0.396. The van der Waals surface area contributed by atoms with Crippen LogP contribution >= 0.6 is 11.6 Å². The van der Waals surface area contributed by atoms with Crippen LogP contribution in [-0.2, 0) is 0 Å². The van der Waals surface area contributed by atoms with E-state index in [9.17, 15) is 4.79 Å². The smallest absolute Gasteiger partial charge is 0.256 e. The normalized spacial score (nSPS) is 10.9. The average Bonchev–Trinajstić information content (AvgIpc) is 3.08. The predicted octanol–water partition coefficient (Wildman–Crippen LogP) is 3.03.